The molecule has 4 heteroatoms. The van der Waals surface area contributed by atoms with E-state index in [4.69, 9.17) is 9.47 Å². The van der Waals surface area contributed by atoms with Crippen LogP contribution >= 0.6 is 0 Å². The molecule has 0 aromatic carbocycles. The maximum absolute atomic E-state index is 11.9. The first-order valence-electron chi connectivity index (χ1n) is 5.94. The van der Waals surface area contributed by atoms with Crippen molar-refractivity contribution < 1.29 is 14.3 Å². The molecular weight excluding hydrogens is 206 g/mol. The lowest BCUT2D eigenvalue weighted by molar-refractivity contribution is 0.00632. The van der Waals surface area contributed by atoms with Crippen LogP contribution in [0, 0.1) is 5.92 Å². The van der Waals surface area contributed by atoms with Gasteiger partial charge in [-0.3, -0.25) is 0 Å². The predicted octanol–water partition coefficient (Wildman–Crippen LogP) is 2.03. The first-order valence-corrected chi connectivity index (χ1v) is 5.94. The molecule has 1 amide bonds. The molecule has 0 aromatic heterocycles. The summed E-state index contributed by atoms with van der Waals surface area (Å²) < 4.78 is 10.9. The number of ether oxygens (including phenoxy) is 2. The standard InChI is InChI=1S/C12H21NO3/c1-9-5-6-13(7-12(9)8-15-12)10(14)16-11(2,3)4/h9H,5-8H2,1-4H3. The average molecular weight is 227 g/mol. The summed E-state index contributed by atoms with van der Waals surface area (Å²) in [5.74, 6) is 0.547. The van der Waals surface area contributed by atoms with Crippen molar-refractivity contribution in [1.82, 2.24) is 4.90 Å². The van der Waals surface area contributed by atoms with Crippen molar-refractivity contribution in [1.29, 1.82) is 0 Å². The highest BCUT2D eigenvalue weighted by molar-refractivity contribution is 5.68. The molecule has 1 spiro atoms. The Morgan fingerprint density at radius 2 is 2.12 bits per heavy atom. The Bertz CT molecular complexity index is 291. The van der Waals surface area contributed by atoms with Gasteiger partial charge in [-0.1, -0.05) is 6.92 Å². The van der Waals surface area contributed by atoms with E-state index in [0.717, 1.165) is 19.6 Å². The smallest absolute Gasteiger partial charge is 0.410 e. The van der Waals surface area contributed by atoms with E-state index in [1.807, 2.05) is 20.8 Å². The first-order chi connectivity index (χ1) is 7.32. The third kappa shape index (κ3) is 2.32. The molecule has 2 heterocycles. The lowest BCUT2D eigenvalue weighted by atomic mass is 9.87. The van der Waals surface area contributed by atoms with Gasteiger partial charge in [0.25, 0.3) is 0 Å². The summed E-state index contributed by atoms with van der Waals surface area (Å²) in [4.78, 5) is 13.7. The van der Waals surface area contributed by atoms with Gasteiger partial charge in [0.05, 0.1) is 13.2 Å². The Hall–Kier alpha value is -0.770. The molecule has 4 nitrogen and oxygen atoms in total. The Kier molecular flexibility index (Phi) is 2.65. The normalized spacial score (nSPS) is 34.0. The Morgan fingerprint density at radius 3 is 2.62 bits per heavy atom. The fourth-order valence-corrected chi connectivity index (χ4v) is 2.12. The van der Waals surface area contributed by atoms with Gasteiger partial charge in [-0.05, 0) is 33.1 Å². The second-order valence-electron chi connectivity index (χ2n) is 5.95. The Balaban J connectivity index is 1.94. The molecule has 92 valence electrons. The molecule has 0 radical (unpaired) electrons. The van der Waals surface area contributed by atoms with Crippen LogP contribution in [0.5, 0.6) is 0 Å². The van der Waals surface area contributed by atoms with Crippen LogP contribution in [-0.2, 0) is 9.47 Å². The highest BCUT2D eigenvalue weighted by Gasteiger charge is 2.53. The van der Waals surface area contributed by atoms with Gasteiger partial charge >= 0.3 is 6.09 Å². The molecule has 2 fully saturated rings. The zero-order valence-corrected chi connectivity index (χ0v) is 10.6. The summed E-state index contributed by atoms with van der Waals surface area (Å²) in [6.45, 7) is 10.1. The third-order valence-electron chi connectivity index (χ3n) is 3.36. The van der Waals surface area contributed by atoms with E-state index in [2.05, 4.69) is 6.92 Å². The first kappa shape index (κ1) is 11.7. The number of likely N-dealkylation sites (tertiary alicyclic amines) is 1. The molecule has 2 aliphatic heterocycles. The van der Waals surface area contributed by atoms with Gasteiger partial charge in [0.1, 0.15) is 11.2 Å². The number of carbonyl (C=O) groups is 1. The summed E-state index contributed by atoms with van der Waals surface area (Å²) in [5, 5.41) is 0. The fraction of sp³-hybridized carbons (Fsp3) is 0.917. The summed E-state index contributed by atoms with van der Waals surface area (Å²) in [7, 11) is 0. The van der Waals surface area contributed by atoms with Crippen molar-refractivity contribution >= 4 is 6.09 Å². The van der Waals surface area contributed by atoms with Gasteiger partial charge in [-0.15, -0.1) is 0 Å². The molecule has 2 saturated heterocycles. The minimum absolute atomic E-state index is 0.0604. The van der Waals surface area contributed by atoms with Crippen LogP contribution in [0.4, 0.5) is 4.79 Å². The van der Waals surface area contributed by atoms with E-state index < -0.39 is 5.60 Å². The van der Waals surface area contributed by atoms with Crippen molar-refractivity contribution in [2.75, 3.05) is 19.7 Å². The van der Waals surface area contributed by atoms with E-state index in [1.54, 1.807) is 4.90 Å². The lowest BCUT2D eigenvalue weighted by Gasteiger charge is -2.36. The maximum Gasteiger partial charge on any atom is 0.410 e. The van der Waals surface area contributed by atoms with Crippen LogP contribution in [0.2, 0.25) is 0 Å². The molecule has 0 aliphatic carbocycles. The van der Waals surface area contributed by atoms with Crippen LogP contribution in [0.15, 0.2) is 0 Å². The fourth-order valence-electron chi connectivity index (χ4n) is 2.12. The lowest BCUT2D eigenvalue weighted by Crippen LogP contribution is -2.49. The van der Waals surface area contributed by atoms with E-state index in [9.17, 15) is 4.79 Å². The molecule has 0 N–H and O–H groups in total. The monoisotopic (exact) mass is 227 g/mol. The minimum atomic E-state index is -0.419. The molecule has 0 aromatic rings. The highest BCUT2D eigenvalue weighted by atomic mass is 16.6. The van der Waals surface area contributed by atoms with Gasteiger partial charge in [0.2, 0.25) is 0 Å². The SMILES string of the molecule is CC1CCN(C(=O)OC(C)(C)C)CC12CO2. The van der Waals surface area contributed by atoms with Crippen LogP contribution < -0.4 is 0 Å². The van der Waals surface area contributed by atoms with Crippen molar-refractivity contribution in [2.24, 2.45) is 5.92 Å². The molecule has 0 bridgehead atoms. The van der Waals surface area contributed by atoms with Crippen molar-refractivity contribution in [2.45, 2.75) is 45.3 Å². The predicted molar refractivity (Wildman–Crippen MR) is 60.3 cm³/mol. The minimum Gasteiger partial charge on any atom is -0.444 e. The van der Waals surface area contributed by atoms with E-state index in [0.29, 0.717) is 12.5 Å². The van der Waals surface area contributed by atoms with Crippen molar-refractivity contribution in [3.8, 4) is 0 Å². The van der Waals surface area contributed by atoms with Crippen LogP contribution in [0.25, 0.3) is 0 Å². The Morgan fingerprint density at radius 1 is 1.50 bits per heavy atom. The molecule has 2 atom stereocenters. The molecule has 2 rings (SSSR count). The second-order valence-corrected chi connectivity index (χ2v) is 5.95. The molecule has 0 saturated carbocycles. The van der Waals surface area contributed by atoms with Crippen molar-refractivity contribution in [3.63, 3.8) is 0 Å². The zero-order chi connectivity index (χ0) is 12.0. The van der Waals surface area contributed by atoms with Crippen LogP contribution in [-0.4, -0.2) is 41.9 Å². The summed E-state index contributed by atoms with van der Waals surface area (Å²) in [6, 6.07) is 0. The number of hydrogen-bond acceptors (Lipinski definition) is 3. The van der Waals surface area contributed by atoms with Crippen molar-refractivity contribution in [3.05, 3.63) is 0 Å². The van der Waals surface area contributed by atoms with E-state index >= 15 is 0 Å². The molecular formula is C12H21NO3. The van der Waals surface area contributed by atoms with Gasteiger partial charge in [-0.25, -0.2) is 4.79 Å². The second kappa shape index (κ2) is 3.62. The van der Waals surface area contributed by atoms with Gasteiger partial charge in [-0.2, -0.15) is 0 Å². The van der Waals surface area contributed by atoms with Gasteiger partial charge in [0, 0.05) is 6.54 Å². The largest absolute Gasteiger partial charge is 0.444 e. The van der Waals surface area contributed by atoms with Gasteiger partial charge < -0.3 is 14.4 Å². The maximum atomic E-state index is 11.9. The van der Waals surface area contributed by atoms with Crippen LogP contribution in [0.3, 0.4) is 0 Å². The number of carbonyl (C=O) groups excluding carboxylic acids is 1. The Labute approximate surface area is 96.9 Å². The van der Waals surface area contributed by atoms with Gasteiger partial charge in [0.15, 0.2) is 0 Å². The number of hydrogen-bond donors (Lipinski definition) is 0. The number of nitrogens with zero attached hydrogens (tertiary/aromatic N) is 1. The molecule has 16 heavy (non-hydrogen) atoms. The summed E-state index contributed by atoms with van der Waals surface area (Å²) in [6.07, 6.45) is 0.786. The molecule has 2 aliphatic rings. The topological polar surface area (TPSA) is 42.1 Å². The van der Waals surface area contributed by atoms with Crippen LogP contribution in [0.1, 0.15) is 34.1 Å². The zero-order valence-electron chi connectivity index (χ0n) is 10.6. The number of epoxide rings is 1. The number of rotatable bonds is 0. The third-order valence-corrected chi connectivity index (χ3v) is 3.36. The number of piperidine rings is 1. The van der Waals surface area contributed by atoms with E-state index in [1.165, 1.54) is 0 Å². The highest BCUT2D eigenvalue weighted by Crippen LogP contribution is 2.41. The van der Waals surface area contributed by atoms with E-state index in [-0.39, 0.29) is 11.7 Å². The summed E-state index contributed by atoms with van der Waals surface area (Å²) in [5.41, 5.74) is -0.479. The average Bonchev–Trinajstić information content (AvgIpc) is 2.88. The quantitative estimate of drug-likeness (QED) is 0.595. The molecule has 2 unspecified atom stereocenters. The number of amides is 1. The summed E-state index contributed by atoms with van der Waals surface area (Å²) >= 11 is 0.